The van der Waals surface area contributed by atoms with Crippen LogP contribution in [0, 0.1) is 0 Å². The monoisotopic (exact) mass is 269 g/mol. The van der Waals surface area contributed by atoms with Crippen LogP contribution in [0.2, 0.25) is 0 Å². The van der Waals surface area contributed by atoms with Gasteiger partial charge in [0.2, 0.25) is 5.91 Å². The Kier molecular flexibility index (Phi) is 8.07. The van der Waals surface area contributed by atoms with Crippen LogP contribution >= 0.6 is 0 Å². The second-order valence-electron chi connectivity index (χ2n) is 5.77. The molecule has 1 fully saturated rings. The van der Waals surface area contributed by atoms with Gasteiger partial charge in [0.15, 0.2) is 0 Å². The number of nitrogens with zero attached hydrogens (tertiary/aromatic N) is 2. The van der Waals surface area contributed by atoms with Gasteiger partial charge in [0, 0.05) is 25.7 Å². The number of unbranched alkanes of at least 4 members (excludes halogenated alkanes) is 2. The van der Waals surface area contributed by atoms with Crippen molar-refractivity contribution in [2.24, 2.45) is 0 Å². The van der Waals surface area contributed by atoms with Crippen molar-refractivity contribution in [1.82, 2.24) is 15.1 Å². The highest BCUT2D eigenvalue weighted by atomic mass is 16.2. The number of hydrogen-bond acceptors (Lipinski definition) is 3. The van der Waals surface area contributed by atoms with E-state index in [2.05, 4.69) is 31.0 Å². The quantitative estimate of drug-likeness (QED) is 0.715. The number of amides is 1. The first-order chi connectivity index (χ1) is 9.15. The fraction of sp³-hybridized carbons (Fsp3) is 0.933. The summed E-state index contributed by atoms with van der Waals surface area (Å²) in [7, 11) is 0. The van der Waals surface area contributed by atoms with E-state index < -0.39 is 0 Å². The Morgan fingerprint density at radius 3 is 2.74 bits per heavy atom. The van der Waals surface area contributed by atoms with Crippen LogP contribution in [0.1, 0.15) is 46.5 Å². The van der Waals surface area contributed by atoms with E-state index in [0.717, 1.165) is 45.6 Å². The lowest BCUT2D eigenvalue weighted by Crippen LogP contribution is -2.45. The van der Waals surface area contributed by atoms with Crippen LogP contribution in [0.4, 0.5) is 0 Å². The number of rotatable bonds is 7. The number of hydrogen-bond donors (Lipinski definition) is 1. The van der Waals surface area contributed by atoms with Crippen LogP contribution in [0.25, 0.3) is 0 Å². The fourth-order valence-electron chi connectivity index (χ4n) is 2.54. The molecule has 4 nitrogen and oxygen atoms in total. The summed E-state index contributed by atoms with van der Waals surface area (Å²) in [5.74, 6) is 0.299. The van der Waals surface area contributed by atoms with E-state index in [1.165, 1.54) is 12.8 Å². The molecule has 19 heavy (non-hydrogen) atoms. The molecule has 4 heteroatoms. The second-order valence-corrected chi connectivity index (χ2v) is 5.77. The predicted octanol–water partition coefficient (Wildman–Crippen LogP) is 1.71. The smallest absolute Gasteiger partial charge is 0.236 e. The average Bonchev–Trinajstić information content (AvgIpc) is 2.62. The summed E-state index contributed by atoms with van der Waals surface area (Å²) in [5.41, 5.74) is 0. The molecule has 1 amide bonds. The van der Waals surface area contributed by atoms with Crippen molar-refractivity contribution in [2.75, 3.05) is 39.3 Å². The van der Waals surface area contributed by atoms with Crippen molar-refractivity contribution in [2.45, 2.75) is 52.5 Å². The Morgan fingerprint density at radius 1 is 1.26 bits per heavy atom. The van der Waals surface area contributed by atoms with E-state index in [1.807, 2.05) is 4.90 Å². The van der Waals surface area contributed by atoms with Crippen molar-refractivity contribution in [3.05, 3.63) is 0 Å². The van der Waals surface area contributed by atoms with Gasteiger partial charge in [-0.3, -0.25) is 9.69 Å². The maximum atomic E-state index is 12.4. The largest absolute Gasteiger partial charge is 0.339 e. The minimum absolute atomic E-state index is 0.299. The third kappa shape index (κ3) is 6.39. The molecule has 0 unspecified atom stereocenters. The first-order valence-electron chi connectivity index (χ1n) is 7.87. The zero-order valence-corrected chi connectivity index (χ0v) is 13.0. The van der Waals surface area contributed by atoms with Crippen LogP contribution in [-0.2, 0) is 4.79 Å². The molecule has 0 radical (unpaired) electrons. The molecule has 0 aromatic rings. The van der Waals surface area contributed by atoms with Gasteiger partial charge in [-0.15, -0.1) is 0 Å². The topological polar surface area (TPSA) is 35.6 Å². The summed E-state index contributed by atoms with van der Waals surface area (Å²) in [4.78, 5) is 16.8. The highest BCUT2D eigenvalue weighted by molar-refractivity contribution is 5.78. The standard InChI is InChI=1S/C15H31N3O/c1-4-5-6-11-18(14(2)3)15(19)13-17-10-7-8-16-9-12-17/h14,16H,4-13H2,1-3H3. The molecule has 0 aliphatic carbocycles. The van der Waals surface area contributed by atoms with Gasteiger partial charge in [0.1, 0.15) is 0 Å². The number of carbonyl (C=O) groups excluding carboxylic acids is 1. The minimum Gasteiger partial charge on any atom is -0.339 e. The molecule has 0 aromatic heterocycles. The van der Waals surface area contributed by atoms with Crippen LogP contribution in [-0.4, -0.2) is 61.0 Å². The molecule has 1 saturated heterocycles. The molecule has 0 atom stereocenters. The molecular weight excluding hydrogens is 238 g/mol. The van der Waals surface area contributed by atoms with E-state index >= 15 is 0 Å². The average molecular weight is 269 g/mol. The zero-order valence-electron chi connectivity index (χ0n) is 13.0. The van der Waals surface area contributed by atoms with E-state index in [0.29, 0.717) is 18.5 Å². The van der Waals surface area contributed by atoms with E-state index in [-0.39, 0.29) is 0 Å². The number of nitrogens with one attached hydrogen (secondary N) is 1. The maximum absolute atomic E-state index is 12.4. The zero-order chi connectivity index (χ0) is 14.1. The highest BCUT2D eigenvalue weighted by Gasteiger charge is 2.19. The van der Waals surface area contributed by atoms with Gasteiger partial charge in [-0.25, -0.2) is 0 Å². The van der Waals surface area contributed by atoms with Gasteiger partial charge < -0.3 is 10.2 Å². The van der Waals surface area contributed by atoms with Crippen molar-refractivity contribution < 1.29 is 4.79 Å². The maximum Gasteiger partial charge on any atom is 0.236 e. The molecule has 1 heterocycles. The Labute approximate surface area is 118 Å². The molecule has 1 N–H and O–H groups in total. The Morgan fingerprint density at radius 2 is 2.05 bits per heavy atom. The highest BCUT2D eigenvalue weighted by Crippen LogP contribution is 2.06. The SMILES string of the molecule is CCCCCN(C(=O)CN1CCCNCC1)C(C)C. The summed E-state index contributed by atoms with van der Waals surface area (Å²) < 4.78 is 0. The van der Waals surface area contributed by atoms with Gasteiger partial charge >= 0.3 is 0 Å². The van der Waals surface area contributed by atoms with Crippen molar-refractivity contribution in [1.29, 1.82) is 0 Å². The summed E-state index contributed by atoms with van der Waals surface area (Å²) in [6.45, 7) is 12.1. The van der Waals surface area contributed by atoms with Crippen LogP contribution < -0.4 is 5.32 Å². The van der Waals surface area contributed by atoms with Crippen molar-refractivity contribution >= 4 is 5.91 Å². The third-order valence-electron chi connectivity index (χ3n) is 3.74. The van der Waals surface area contributed by atoms with Crippen LogP contribution in [0.5, 0.6) is 0 Å². The van der Waals surface area contributed by atoms with Crippen molar-refractivity contribution in [3.63, 3.8) is 0 Å². The summed E-state index contributed by atoms with van der Waals surface area (Å²) in [6, 6.07) is 0.314. The van der Waals surface area contributed by atoms with Crippen LogP contribution in [0.3, 0.4) is 0 Å². The summed E-state index contributed by atoms with van der Waals surface area (Å²) in [5, 5.41) is 3.38. The summed E-state index contributed by atoms with van der Waals surface area (Å²) >= 11 is 0. The first-order valence-corrected chi connectivity index (χ1v) is 7.87. The lowest BCUT2D eigenvalue weighted by Gasteiger charge is -2.29. The molecule has 0 spiro atoms. The minimum atomic E-state index is 0.299. The Balaban J connectivity index is 2.41. The van der Waals surface area contributed by atoms with E-state index in [1.54, 1.807) is 0 Å². The van der Waals surface area contributed by atoms with Gasteiger partial charge in [0.25, 0.3) is 0 Å². The normalized spacial score (nSPS) is 17.5. The van der Waals surface area contributed by atoms with E-state index in [9.17, 15) is 4.79 Å². The van der Waals surface area contributed by atoms with Gasteiger partial charge in [-0.1, -0.05) is 19.8 Å². The molecule has 0 bridgehead atoms. The first kappa shape index (κ1) is 16.4. The van der Waals surface area contributed by atoms with Crippen LogP contribution in [0.15, 0.2) is 0 Å². The lowest BCUT2D eigenvalue weighted by atomic mass is 10.2. The fourth-order valence-corrected chi connectivity index (χ4v) is 2.54. The summed E-state index contributed by atoms with van der Waals surface area (Å²) in [6.07, 6.45) is 4.69. The predicted molar refractivity (Wildman–Crippen MR) is 80.3 cm³/mol. The molecule has 0 aromatic carbocycles. The molecular formula is C15H31N3O. The van der Waals surface area contributed by atoms with Gasteiger partial charge in [-0.05, 0) is 39.8 Å². The van der Waals surface area contributed by atoms with Gasteiger partial charge in [-0.2, -0.15) is 0 Å². The lowest BCUT2D eigenvalue weighted by molar-refractivity contribution is -0.134. The Bertz CT molecular complexity index is 248. The molecule has 1 aliphatic heterocycles. The number of carbonyl (C=O) groups is 1. The van der Waals surface area contributed by atoms with Crippen molar-refractivity contribution in [3.8, 4) is 0 Å². The molecule has 1 rings (SSSR count). The molecule has 0 saturated carbocycles. The molecule has 1 aliphatic rings. The Hall–Kier alpha value is -0.610. The third-order valence-corrected chi connectivity index (χ3v) is 3.74. The van der Waals surface area contributed by atoms with E-state index in [4.69, 9.17) is 0 Å². The van der Waals surface area contributed by atoms with Gasteiger partial charge in [0.05, 0.1) is 6.54 Å². The molecule has 112 valence electrons. The second kappa shape index (κ2) is 9.32.